The molecule has 0 aromatic heterocycles. The fourth-order valence-electron chi connectivity index (χ4n) is 1.88. The second-order valence-corrected chi connectivity index (χ2v) is 5.10. The van der Waals surface area contributed by atoms with Gasteiger partial charge in [0.25, 0.3) is 0 Å². The molecule has 0 aliphatic rings. The minimum atomic E-state index is -4.44. The van der Waals surface area contributed by atoms with Crippen LogP contribution in [0, 0.1) is 5.92 Å². The topological polar surface area (TPSA) is 61.4 Å². The molecular formula is C14H19F3N2O2. The summed E-state index contributed by atoms with van der Waals surface area (Å²) in [6.07, 6.45) is -4.38. The number of benzene rings is 1. The number of urea groups is 1. The van der Waals surface area contributed by atoms with Crippen LogP contribution in [-0.2, 0) is 6.18 Å². The highest BCUT2D eigenvalue weighted by atomic mass is 19.4. The summed E-state index contributed by atoms with van der Waals surface area (Å²) in [5.74, 6) is 0.0669. The average Bonchev–Trinajstić information content (AvgIpc) is 2.35. The molecule has 0 heterocycles. The van der Waals surface area contributed by atoms with E-state index in [1.807, 2.05) is 6.92 Å². The van der Waals surface area contributed by atoms with Crippen molar-refractivity contribution in [1.29, 1.82) is 0 Å². The molecule has 0 radical (unpaired) electrons. The number of hydrogen-bond donors (Lipinski definition) is 3. The maximum atomic E-state index is 12.5. The lowest BCUT2D eigenvalue weighted by molar-refractivity contribution is -0.137. The number of carbonyl (C=O) groups is 1. The molecule has 4 nitrogen and oxygen atoms in total. The fraction of sp³-hybridized carbons (Fsp3) is 0.500. The molecule has 118 valence electrons. The smallest absolute Gasteiger partial charge is 0.393 e. The van der Waals surface area contributed by atoms with Crippen molar-refractivity contribution in [3.8, 4) is 0 Å². The molecule has 0 fully saturated rings. The van der Waals surface area contributed by atoms with Crippen molar-refractivity contribution in [1.82, 2.24) is 5.32 Å². The van der Waals surface area contributed by atoms with Gasteiger partial charge >= 0.3 is 12.2 Å². The van der Waals surface area contributed by atoms with Crippen molar-refractivity contribution in [3.05, 3.63) is 29.8 Å². The fourth-order valence-corrected chi connectivity index (χ4v) is 1.88. The van der Waals surface area contributed by atoms with Gasteiger partial charge in [-0.25, -0.2) is 4.79 Å². The van der Waals surface area contributed by atoms with E-state index in [-0.39, 0.29) is 11.6 Å². The third kappa shape index (κ3) is 6.48. The maximum absolute atomic E-state index is 12.5. The van der Waals surface area contributed by atoms with Gasteiger partial charge in [-0.1, -0.05) is 13.0 Å². The SMILES string of the molecule is CC(O)CC(C)CNC(=O)Nc1cccc(C(F)(F)F)c1. The number of alkyl halides is 3. The summed E-state index contributed by atoms with van der Waals surface area (Å²) >= 11 is 0. The minimum Gasteiger partial charge on any atom is -0.393 e. The summed E-state index contributed by atoms with van der Waals surface area (Å²) in [6, 6.07) is 3.85. The molecule has 2 atom stereocenters. The molecule has 0 bridgehead atoms. The molecule has 2 unspecified atom stereocenters. The number of nitrogens with one attached hydrogen (secondary N) is 2. The number of hydrogen-bond acceptors (Lipinski definition) is 2. The summed E-state index contributed by atoms with van der Waals surface area (Å²) in [5, 5.41) is 14.1. The first-order valence-corrected chi connectivity index (χ1v) is 6.58. The second-order valence-electron chi connectivity index (χ2n) is 5.10. The van der Waals surface area contributed by atoms with Crippen LogP contribution in [0.4, 0.5) is 23.7 Å². The van der Waals surface area contributed by atoms with Gasteiger partial charge in [-0.2, -0.15) is 13.2 Å². The van der Waals surface area contributed by atoms with Gasteiger partial charge < -0.3 is 15.7 Å². The molecule has 0 saturated heterocycles. The highest BCUT2D eigenvalue weighted by molar-refractivity contribution is 5.89. The number of anilines is 1. The standard InChI is InChI=1S/C14H19F3N2O2/c1-9(6-10(2)20)8-18-13(21)19-12-5-3-4-11(7-12)14(15,16)17/h3-5,7,9-10,20H,6,8H2,1-2H3,(H2,18,19,21). The van der Waals surface area contributed by atoms with Crippen LogP contribution in [0.3, 0.4) is 0 Å². The molecule has 0 saturated carbocycles. The summed E-state index contributed by atoms with van der Waals surface area (Å²) in [5.41, 5.74) is -0.742. The zero-order chi connectivity index (χ0) is 16.0. The van der Waals surface area contributed by atoms with Gasteiger partial charge in [-0.15, -0.1) is 0 Å². The Morgan fingerprint density at radius 3 is 2.57 bits per heavy atom. The second kappa shape index (κ2) is 7.31. The molecule has 1 aromatic carbocycles. The van der Waals surface area contributed by atoms with Crippen LogP contribution in [-0.4, -0.2) is 23.8 Å². The lowest BCUT2D eigenvalue weighted by Crippen LogP contribution is -2.33. The lowest BCUT2D eigenvalue weighted by atomic mass is 10.1. The molecule has 0 spiro atoms. The predicted molar refractivity (Wildman–Crippen MR) is 73.9 cm³/mol. The number of rotatable bonds is 5. The van der Waals surface area contributed by atoms with E-state index in [2.05, 4.69) is 10.6 Å². The van der Waals surface area contributed by atoms with Crippen LogP contribution < -0.4 is 10.6 Å². The monoisotopic (exact) mass is 304 g/mol. The van der Waals surface area contributed by atoms with Gasteiger partial charge in [-0.05, 0) is 37.5 Å². The Balaban J connectivity index is 2.52. The van der Waals surface area contributed by atoms with Gasteiger partial charge in [0.05, 0.1) is 11.7 Å². The van der Waals surface area contributed by atoms with Gasteiger partial charge in [0.1, 0.15) is 0 Å². The first kappa shape index (κ1) is 17.3. The minimum absolute atomic E-state index is 0.0669. The maximum Gasteiger partial charge on any atom is 0.416 e. The van der Waals surface area contributed by atoms with Crippen molar-refractivity contribution in [2.75, 3.05) is 11.9 Å². The van der Waals surface area contributed by atoms with Crippen LogP contribution in [0.15, 0.2) is 24.3 Å². The van der Waals surface area contributed by atoms with E-state index in [0.717, 1.165) is 12.1 Å². The van der Waals surface area contributed by atoms with Crippen molar-refractivity contribution in [2.24, 2.45) is 5.92 Å². The van der Waals surface area contributed by atoms with Crippen molar-refractivity contribution >= 4 is 11.7 Å². The molecule has 3 N–H and O–H groups in total. The van der Waals surface area contributed by atoms with Crippen LogP contribution in [0.25, 0.3) is 0 Å². The van der Waals surface area contributed by atoms with Crippen molar-refractivity contribution in [3.63, 3.8) is 0 Å². The number of amides is 2. The van der Waals surface area contributed by atoms with E-state index in [1.54, 1.807) is 6.92 Å². The number of halogens is 3. The molecule has 0 aliphatic heterocycles. The first-order chi connectivity index (χ1) is 9.68. The Kier molecular flexibility index (Phi) is 6.02. The Hall–Kier alpha value is -1.76. The third-order valence-electron chi connectivity index (χ3n) is 2.80. The number of aliphatic hydroxyl groups is 1. The Bertz CT molecular complexity index is 476. The summed E-state index contributed by atoms with van der Waals surface area (Å²) < 4.78 is 37.6. The van der Waals surface area contributed by atoms with Crippen molar-refractivity contribution < 1.29 is 23.1 Å². The molecule has 2 amide bonds. The van der Waals surface area contributed by atoms with E-state index >= 15 is 0 Å². The van der Waals surface area contributed by atoms with Crippen molar-refractivity contribution in [2.45, 2.75) is 32.5 Å². The normalized spacial score (nSPS) is 14.4. The van der Waals surface area contributed by atoms with Gasteiger partial charge in [0.2, 0.25) is 0 Å². The largest absolute Gasteiger partial charge is 0.416 e. The number of aliphatic hydroxyl groups excluding tert-OH is 1. The zero-order valence-electron chi connectivity index (χ0n) is 11.9. The van der Waals surface area contributed by atoms with Crippen LogP contribution >= 0.6 is 0 Å². The lowest BCUT2D eigenvalue weighted by Gasteiger charge is -2.15. The molecular weight excluding hydrogens is 285 g/mol. The molecule has 1 rings (SSSR count). The highest BCUT2D eigenvalue weighted by Crippen LogP contribution is 2.30. The van der Waals surface area contributed by atoms with E-state index in [0.29, 0.717) is 13.0 Å². The molecule has 1 aromatic rings. The molecule has 0 aliphatic carbocycles. The zero-order valence-corrected chi connectivity index (χ0v) is 11.9. The van der Waals surface area contributed by atoms with Crippen LogP contribution in [0.5, 0.6) is 0 Å². The average molecular weight is 304 g/mol. The summed E-state index contributed by atoms with van der Waals surface area (Å²) in [6.45, 7) is 3.84. The summed E-state index contributed by atoms with van der Waals surface area (Å²) in [7, 11) is 0. The first-order valence-electron chi connectivity index (χ1n) is 6.58. The van der Waals surface area contributed by atoms with Gasteiger partial charge in [-0.3, -0.25) is 0 Å². The summed E-state index contributed by atoms with van der Waals surface area (Å²) in [4.78, 5) is 11.6. The Morgan fingerprint density at radius 2 is 2.00 bits per heavy atom. The van der Waals surface area contributed by atoms with Gasteiger partial charge in [0, 0.05) is 12.2 Å². The van der Waals surface area contributed by atoms with Crippen LogP contribution in [0.2, 0.25) is 0 Å². The van der Waals surface area contributed by atoms with Gasteiger partial charge in [0.15, 0.2) is 0 Å². The van der Waals surface area contributed by atoms with E-state index in [9.17, 15) is 23.1 Å². The number of carbonyl (C=O) groups excluding carboxylic acids is 1. The Labute approximate surface area is 121 Å². The Morgan fingerprint density at radius 1 is 1.33 bits per heavy atom. The van der Waals surface area contributed by atoms with E-state index in [1.165, 1.54) is 12.1 Å². The predicted octanol–water partition coefficient (Wildman–Crippen LogP) is 3.23. The quantitative estimate of drug-likeness (QED) is 0.782. The molecule has 7 heteroatoms. The van der Waals surface area contributed by atoms with Crippen LogP contribution in [0.1, 0.15) is 25.8 Å². The van der Waals surface area contributed by atoms with E-state index in [4.69, 9.17) is 0 Å². The molecule has 21 heavy (non-hydrogen) atoms. The van der Waals surface area contributed by atoms with E-state index < -0.39 is 23.9 Å². The highest BCUT2D eigenvalue weighted by Gasteiger charge is 2.30. The third-order valence-corrected chi connectivity index (χ3v) is 2.80.